The number of nitrogens with zero attached hydrogens (tertiary/aromatic N) is 1. The van der Waals surface area contributed by atoms with Crippen molar-refractivity contribution in [3.8, 4) is 0 Å². The third-order valence-electron chi connectivity index (χ3n) is 4.29. The van der Waals surface area contributed by atoms with Crippen LogP contribution in [0.4, 0.5) is 10.1 Å². The first-order valence-electron chi connectivity index (χ1n) is 9.07. The topological polar surface area (TPSA) is 29.5 Å². The van der Waals surface area contributed by atoms with Crippen molar-refractivity contribution in [3.05, 3.63) is 99.8 Å². The first-order chi connectivity index (χ1) is 13.6. The molecule has 0 aromatic heterocycles. The van der Waals surface area contributed by atoms with Gasteiger partial charge in [0.15, 0.2) is 5.82 Å². The third kappa shape index (κ3) is 4.98. The van der Waals surface area contributed by atoms with Crippen LogP contribution in [0.3, 0.4) is 0 Å². The summed E-state index contributed by atoms with van der Waals surface area (Å²) < 4.78 is 21.0. The number of carbonyl (C=O) groups excluding carboxylic acids is 1. The van der Waals surface area contributed by atoms with Crippen LogP contribution < -0.4 is 4.90 Å². The van der Waals surface area contributed by atoms with Crippen molar-refractivity contribution in [2.45, 2.75) is 20.0 Å². The lowest BCUT2D eigenvalue weighted by atomic mass is 10.1. The van der Waals surface area contributed by atoms with Crippen molar-refractivity contribution in [2.75, 3.05) is 11.5 Å². The average molecular weight is 442 g/mol. The molecule has 0 N–H and O–H groups in total. The van der Waals surface area contributed by atoms with Gasteiger partial charge in [0.2, 0.25) is 0 Å². The van der Waals surface area contributed by atoms with Crippen LogP contribution in [0.2, 0.25) is 0 Å². The van der Waals surface area contributed by atoms with Gasteiger partial charge in [-0.2, -0.15) is 0 Å². The predicted molar refractivity (Wildman–Crippen MR) is 113 cm³/mol. The zero-order chi connectivity index (χ0) is 19.9. The van der Waals surface area contributed by atoms with E-state index in [0.717, 1.165) is 11.1 Å². The Morgan fingerprint density at radius 3 is 2.00 bits per heavy atom. The Hall–Kier alpha value is -2.66. The van der Waals surface area contributed by atoms with Gasteiger partial charge in [-0.05, 0) is 30.2 Å². The van der Waals surface area contributed by atoms with E-state index in [-0.39, 0.29) is 12.2 Å². The first-order valence-corrected chi connectivity index (χ1v) is 9.86. The maximum absolute atomic E-state index is 15.3. The largest absolute Gasteiger partial charge is 0.462 e. The van der Waals surface area contributed by atoms with E-state index < -0.39 is 11.8 Å². The van der Waals surface area contributed by atoms with E-state index in [1.54, 1.807) is 13.0 Å². The molecule has 0 unspecified atom stereocenters. The van der Waals surface area contributed by atoms with Crippen molar-refractivity contribution in [3.63, 3.8) is 0 Å². The number of rotatable bonds is 7. The van der Waals surface area contributed by atoms with Gasteiger partial charge in [0.25, 0.3) is 0 Å². The molecule has 0 aliphatic heterocycles. The summed E-state index contributed by atoms with van der Waals surface area (Å²) in [7, 11) is 0. The summed E-state index contributed by atoms with van der Waals surface area (Å²) in [5.74, 6) is -1.24. The number of hydrogen-bond donors (Lipinski definition) is 0. The van der Waals surface area contributed by atoms with Crippen LogP contribution in [0.15, 0.2) is 77.3 Å². The summed E-state index contributed by atoms with van der Waals surface area (Å²) in [4.78, 5) is 14.1. The van der Waals surface area contributed by atoms with Gasteiger partial charge in [-0.3, -0.25) is 0 Å². The third-order valence-corrected chi connectivity index (χ3v) is 4.74. The van der Waals surface area contributed by atoms with Crippen molar-refractivity contribution < 1.29 is 13.9 Å². The van der Waals surface area contributed by atoms with Crippen LogP contribution in [0, 0.1) is 5.82 Å². The summed E-state index contributed by atoms with van der Waals surface area (Å²) in [5, 5.41) is 0. The zero-order valence-corrected chi connectivity index (χ0v) is 17.2. The summed E-state index contributed by atoms with van der Waals surface area (Å²) in [6.07, 6.45) is 0. The molecule has 0 bridgehead atoms. The SMILES string of the molecule is CCOC(=O)c1cc(Br)cc(N(Cc2ccccc2)Cc2ccccc2)c1F. The van der Waals surface area contributed by atoms with Crippen molar-refractivity contribution in [1.29, 1.82) is 0 Å². The molecule has 3 aromatic carbocycles. The number of halogens is 2. The van der Waals surface area contributed by atoms with Gasteiger partial charge < -0.3 is 9.64 Å². The van der Waals surface area contributed by atoms with E-state index in [9.17, 15) is 4.79 Å². The van der Waals surface area contributed by atoms with Gasteiger partial charge >= 0.3 is 5.97 Å². The van der Waals surface area contributed by atoms with E-state index >= 15 is 4.39 Å². The molecule has 28 heavy (non-hydrogen) atoms. The van der Waals surface area contributed by atoms with Crippen LogP contribution in [-0.4, -0.2) is 12.6 Å². The minimum Gasteiger partial charge on any atom is -0.462 e. The summed E-state index contributed by atoms with van der Waals surface area (Å²) in [5.41, 5.74) is 2.38. The van der Waals surface area contributed by atoms with E-state index in [0.29, 0.717) is 23.2 Å². The van der Waals surface area contributed by atoms with Crippen molar-refractivity contribution in [2.24, 2.45) is 0 Å². The quantitative estimate of drug-likeness (QED) is 0.422. The highest BCUT2D eigenvalue weighted by atomic mass is 79.9. The lowest BCUT2D eigenvalue weighted by molar-refractivity contribution is 0.0521. The standard InChI is InChI=1S/C23H21BrFNO2/c1-2-28-23(27)20-13-19(24)14-21(22(20)25)26(15-17-9-5-3-6-10-17)16-18-11-7-4-8-12-18/h3-14H,2,15-16H2,1H3. The maximum atomic E-state index is 15.3. The normalized spacial score (nSPS) is 10.5. The molecule has 0 atom stereocenters. The highest BCUT2D eigenvalue weighted by molar-refractivity contribution is 9.10. The van der Waals surface area contributed by atoms with Gasteiger partial charge in [0.1, 0.15) is 0 Å². The number of anilines is 1. The van der Waals surface area contributed by atoms with Gasteiger partial charge in [-0.15, -0.1) is 0 Å². The van der Waals surface area contributed by atoms with Crippen LogP contribution in [-0.2, 0) is 17.8 Å². The predicted octanol–water partition coefficient (Wildman–Crippen LogP) is 5.97. The van der Waals surface area contributed by atoms with Crippen LogP contribution >= 0.6 is 15.9 Å². The second kappa shape index (κ2) is 9.51. The van der Waals surface area contributed by atoms with E-state index in [2.05, 4.69) is 15.9 Å². The number of benzene rings is 3. The van der Waals surface area contributed by atoms with Crippen molar-refractivity contribution in [1.82, 2.24) is 0 Å². The molecular weight excluding hydrogens is 421 g/mol. The number of hydrogen-bond acceptors (Lipinski definition) is 3. The van der Waals surface area contributed by atoms with E-state index in [1.807, 2.05) is 65.6 Å². The summed E-state index contributed by atoms with van der Waals surface area (Å²) in [6, 6.07) is 22.9. The van der Waals surface area contributed by atoms with Crippen LogP contribution in [0.5, 0.6) is 0 Å². The van der Waals surface area contributed by atoms with Gasteiger partial charge in [-0.1, -0.05) is 76.6 Å². The molecule has 3 rings (SSSR count). The van der Waals surface area contributed by atoms with Gasteiger partial charge in [-0.25, -0.2) is 9.18 Å². The smallest absolute Gasteiger partial charge is 0.341 e. The monoisotopic (exact) mass is 441 g/mol. The lowest BCUT2D eigenvalue weighted by Gasteiger charge is -2.26. The molecule has 0 radical (unpaired) electrons. The Balaban J connectivity index is 2.02. The highest BCUT2D eigenvalue weighted by Crippen LogP contribution is 2.30. The Morgan fingerprint density at radius 1 is 0.964 bits per heavy atom. The molecule has 0 fully saturated rings. The first kappa shape index (κ1) is 20.1. The molecule has 5 heteroatoms. The lowest BCUT2D eigenvalue weighted by Crippen LogP contribution is -2.24. The maximum Gasteiger partial charge on any atom is 0.341 e. The molecule has 144 valence electrons. The fraction of sp³-hybridized carbons (Fsp3) is 0.174. The molecule has 0 saturated carbocycles. The molecule has 0 heterocycles. The van der Waals surface area contributed by atoms with E-state index in [1.165, 1.54) is 6.07 Å². The second-order valence-corrected chi connectivity index (χ2v) is 7.25. The Morgan fingerprint density at radius 2 is 1.50 bits per heavy atom. The van der Waals surface area contributed by atoms with Crippen LogP contribution in [0.1, 0.15) is 28.4 Å². The summed E-state index contributed by atoms with van der Waals surface area (Å²) in [6.45, 7) is 2.90. The number of ether oxygens (including phenoxy) is 1. The Kier molecular flexibility index (Phi) is 6.82. The molecule has 0 aliphatic carbocycles. The Bertz CT molecular complexity index is 891. The fourth-order valence-corrected chi connectivity index (χ4v) is 3.44. The van der Waals surface area contributed by atoms with Crippen LogP contribution in [0.25, 0.3) is 0 Å². The average Bonchev–Trinajstić information content (AvgIpc) is 2.71. The second-order valence-electron chi connectivity index (χ2n) is 6.33. The molecular formula is C23H21BrFNO2. The fourth-order valence-electron chi connectivity index (χ4n) is 3.00. The minimum atomic E-state index is -0.665. The van der Waals surface area contributed by atoms with E-state index in [4.69, 9.17) is 4.74 Å². The number of carbonyl (C=O) groups is 1. The van der Waals surface area contributed by atoms with Crippen molar-refractivity contribution >= 4 is 27.6 Å². The van der Waals surface area contributed by atoms with Gasteiger partial charge in [0.05, 0.1) is 17.9 Å². The molecule has 3 nitrogen and oxygen atoms in total. The van der Waals surface area contributed by atoms with Gasteiger partial charge in [0, 0.05) is 17.6 Å². The molecule has 0 aliphatic rings. The highest BCUT2D eigenvalue weighted by Gasteiger charge is 2.22. The number of esters is 1. The zero-order valence-electron chi connectivity index (χ0n) is 15.6. The molecule has 0 amide bonds. The molecule has 0 saturated heterocycles. The molecule has 3 aromatic rings. The molecule has 0 spiro atoms. The Labute approximate surface area is 172 Å². The summed E-state index contributed by atoms with van der Waals surface area (Å²) >= 11 is 3.40. The minimum absolute atomic E-state index is 0.0719.